The van der Waals surface area contributed by atoms with E-state index in [-0.39, 0.29) is 11.2 Å². The second kappa shape index (κ2) is 6.21. The second-order valence-corrected chi connectivity index (χ2v) is 5.12. The minimum absolute atomic E-state index is 0.0960. The van der Waals surface area contributed by atoms with Crippen molar-refractivity contribution in [2.24, 2.45) is 0 Å². The van der Waals surface area contributed by atoms with E-state index in [4.69, 9.17) is 23.2 Å². The molecule has 0 nitrogen and oxygen atoms in total. The molecule has 2 rings (SSSR count). The van der Waals surface area contributed by atoms with Crippen molar-refractivity contribution in [1.82, 2.24) is 0 Å². The van der Waals surface area contributed by atoms with Gasteiger partial charge in [0.2, 0.25) is 0 Å². The largest absolute Gasteiger partial charge is 0.207 e. The van der Waals surface area contributed by atoms with E-state index in [0.717, 1.165) is 5.56 Å². The Kier molecular flexibility index (Phi) is 4.62. The maximum absolute atomic E-state index is 13.6. The summed E-state index contributed by atoms with van der Waals surface area (Å²) in [7, 11) is 0. The molecule has 3 heteroatoms. The standard InChI is InChI=1S/C15H13Cl2F/c16-13-8-6-12(15(18)10-13)7-9-14(17)11-4-2-1-3-5-11/h1-6,8,10,14H,7,9H2. The van der Waals surface area contributed by atoms with Crippen molar-refractivity contribution in [2.45, 2.75) is 18.2 Å². The highest BCUT2D eigenvalue weighted by Crippen LogP contribution is 2.26. The van der Waals surface area contributed by atoms with E-state index in [2.05, 4.69) is 0 Å². The number of halogens is 3. The van der Waals surface area contributed by atoms with Crippen LogP contribution in [0.2, 0.25) is 5.02 Å². The Morgan fingerprint density at radius 1 is 1.06 bits per heavy atom. The van der Waals surface area contributed by atoms with Crippen LogP contribution in [0.1, 0.15) is 22.9 Å². The van der Waals surface area contributed by atoms with Crippen molar-refractivity contribution >= 4 is 23.2 Å². The summed E-state index contributed by atoms with van der Waals surface area (Å²) >= 11 is 12.0. The lowest BCUT2D eigenvalue weighted by Gasteiger charge is -2.10. The molecule has 0 aromatic heterocycles. The Labute approximate surface area is 116 Å². The summed E-state index contributed by atoms with van der Waals surface area (Å²) < 4.78 is 13.6. The summed E-state index contributed by atoms with van der Waals surface area (Å²) in [5, 5.41) is 0.322. The molecule has 2 aromatic rings. The van der Waals surface area contributed by atoms with Crippen LogP contribution in [0.25, 0.3) is 0 Å². The summed E-state index contributed by atoms with van der Waals surface area (Å²) in [5.74, 6) is -0.264. The molecule has 0 radical (unpaired) electrons. The Morgan fingerprint density at radius 2 is 1.78 bits per heavy atom. The lowest BCUT2D eigenvalue weighted by atomic mass is 10.0. The van der Waals surface area contributed by atoms with E-state index in [1.54, 1.807) is 12.1 Å². The lowest BCUT2D eigenvalue weighted by Crippen LogP contribution is -1.96. The number of hydrogen-bond donors (Lipinski definition) is 0. The number of aryl methyl sites for hydroxylation is 1. The molecule has 0 bridgehead atoms. The van der Waals surface area contributed by atoms with E-state index < -0.39 is 0 Å². The zero-order chi connectivity index (χ0) is 13.0. The van der Waals surface area contributed by atoms with Crippen LogP contribution in [0.3, 0.4) is 0 Å². The predicted octanol–water partition coefficient (Wildman–Crippen LogP) is 5.39. The highest BCUT2D eigenvalue weighted by atomic mass is 35.5. The highest BCUT2D eigenvalue weighted by molar-refractivity contribution is 6.30. The number of alkyl halides is 1. The third-order valence-corrected chi connectivity index (χ3v) is 3.55. The summed E-state index contributed by atoms with van der Waals surface area (Å²) in [6.45, 7) is 0. The molecule has 1 atom stereocenters. The Hall–Kier alpha value is -1.05. The Bertz CT molecular complexity index is 511. The average molecular weight is 283 g/mol. The van der Waals surface area contributed by atoms with E-state index in [1.807, 2.05) is 30.3 Å². The van der Waals surface area contributed by atoms with Gasteiger partial charge >= 0.3 is 0 Å². The van der Waals surface area contributed by atoms with Gasteiger partial charge in [-0.15, -0.1) is 11.6 Å². The summed E-state index contributed by atoms with van der Waals surface area (Å²) in [5.41, 5.74) is 1.72. The fourth-order valence-corrected chi connectivity index (χ4v) is 2.25. The van der Waals surface area contributed by atoms with E-state index >= 15 is 0 Å². The predicted molar refractivity (Wildman–Crippen MR) is 74.8 cm³/mol. The molecule has 0 saturated carbocycles. The van der Waals surface area contributed by atoms with E-state index in [9.17, 15) is 4.39 Å². The number of benzene rings is 2. The monoisotopic (exact) mass is 282 g/mol. The fraction of sp³-hybridized carbons (Fsp3) is 0.200. The van der Waals surface area contributed by atoms with E-state index in [0.29, 0.717) is 23.4 Å². The van der Waals surface area contributed by atoms with Crippen molar-refractivity contribution in [1.29, 1.82) is 0 Å². The van der Waals surface area contributed by atoms with Gasteiger partial charge in [-0.2, -0.15) is 0 Å². The first kappa shape index (κ1) is 13.4. The van der Waals surface area contributed by atoms with Crippen LogP contribution in [0.4, 0.5) is 4.39 Å². The molecular weight excluding hydrogens is 270 g/mol. The van der Waals surface area contributed by atoms with Crippen LogP contribution in [0.15, 0.2) is 48.5 Å². The molecule has 18 heavy (non-hydrogen) atoms. The summed E-state index contributed by atoms with van der Waals surface area (Å²) in [6.07, 6.45) is 1.30. The average Bonchev–Trinajstić information content (AvgIpc) is 2.38. The summed E-state index contributed by atoms with van der Waals surface area (Å²) in [4.78, 5) is 0. The minimum Gasteiger partial charge on any atom is -0.207 e. The molecule has 0 amide bonds. The highest BCUT2D eigenvalue weighted by Gasteiger charge is 2.09. The van der Waals surface area contributed by atoms with Gasteiger partial charge in [0, 0.05) is 5.02 Å². The zero-order valence-corrected chi connectivity index (χ0v) is 11.3. The third-order valence-electron chi connectivity index (χ3n) is 2.84. The SMILES string of the molecule is Fc1cc(Cl)ccc1CCC(Cl)c1ccccc1. The van der Waals surface area contributed by atoms with Gasteiger partial charge in [0.25, 0.3) is 0 Å². The van der Waals surface area contributed by atoms with Gasteiger partial charge < -0.3 is 0 Å². The maximum atomic E-state index is 13.6. The molecule has 0 spiro atoms. The molecule has 2 aromatic carbocycles. The molecule has 0 heterocycles. The topological polar surface area (TPSA) is 0 Å². The van der Waals surface area contributed by atoms with Gasteiger partial charge in [0.05, 0.1) is 5.38 Å². The van der Waals surface area contributed by atoms with Crippen molar-refractivity contribution in [2.75, 3.05) is 0 Å². The molecular formula is C15H13Cl2F. The first-order valence-electron chi connectivity index (χ1n) is 5.80. The van der Waals surface area contributed by atoms with E-state index in [1.165, 1.54) is 6.07 Å². The maximum Gasteiger partial charge on any atom is 0.127 e. The van der Waals surface area contributed by atoms with Gasteiger partial charge in [0.15, 0.2) is 0 Å². The van der Waals surface area contributed by atoms with Crippen molar-refractivity contribution in [3.05, 3.63) is 70.5 Å². The Morgan fingerprint density at radius 3 is 2.44 bits per heavy atom. The van der Waals surface area contributed by atoms with Gasteiger partial charge in [0.1, 0.15) is 5.82 Å². The minimum atomic E-state index is -0.264. The van der Waals surface area contributed by atoms with Crippen molar-refractivity contribution in [3.8, 4) is 0 Å². The molecule has 1 unspecified atom stereocenters. The number of hydrogen-bond acceptors (Lipinski definition) is 0. The Balaban J connectivity index is 1.99. The van der Waals surface area contributed by atoms with Crippen LogP contribution in [0, 0.1) is 5.82 Å². The van der Waals surface area contributed by atoms with Crippen LogP contribution in [-0.4, -0.2) is 0 Å². The first-order valence-corrected chi connectivity index (χ1v) is 6.61. The van der Waals surface area contributed by atoms with Crippen molar-refractivity contribution in [3.63, 3.8) is 0 Å². The first-order chi connectivity index (χ1) is 8.66. The fourth-order valence-electron chi connectivity index (χ4n) is 1.84. The lowest BCUT2D eigenvalue weighted by molar-refractivity contribution is 0.603. The van der Waals surface area contributed by atoms with Crippen molar-refractivity contribution < 1.29 is 4.39 Å². The van der Waals surface area contributed by atoms with Gasteiger partial charge in [-0.25, -0.2) is 4.39 Å². The van der Waals surface area contributed by atoms with Gasteiger partial charge in [-0.3, -0.25) is 0 Å². The third kappa shape index (κ3) is 3.47. The van der Waals surface area contributed by atoms with Crippen LogP contribution >= 0.6 is 23.2 Å². The van der Waals surface area contributed by atoms with Crippen LogP contribution in [0.5, 0.6) is 0 Å². The number of rotatable bonds is 4. The van der Waals surface area contributed by atoms with Crippen LogP contribution in [-0.2, 0) is 6.42 Å². The summed E-state index contributed by atoms with van der Waals surface area (Å²) in [6, 6.07) is 14.6. The smallest absolute Gasteiger partial charge is 0.127 e. The molecule has 0 saturated heterocycles. The molecule has 0 N–H and O–H groups in total. The second-order valence-electron chi connectivity index (χ2n) is 4.15. The molecule has 0 aliphatic heterocycles. The molecule has 0 aliphatic rings. The molecule has 94 valence electrons. The van der Waals surface area contributed by atoms with Crippen LogP contribution < -0.4 is 0 Å². The normalized spacial score (nSPS) is 12.4. The molecule has 0 aliphatic carbocycles. The quantitative estimate of drug-likeness (QED) is 0.660. The zero-order valence-electron chi connectivity index (χ0n) is 9.74. The van der Waals surface area contributed by atoms with Gasteiger partial charge in [-0.05, 0) is 36.1 Å². The van der Waals surface area contributed by atoms with Gasteiger partial charge in [-0.1, -0.05) is 48.0 Å². The molecule has 0 fully saturated rings.